The molecule has 0 fully saturated rings. The molecule has 0 atom stereocenters. The molecule has 30 heavy (non-hydrogen) atoms. The third-order valence-corrected chi connectivity index (χ3v) is 3.79. The van der Waals surface area contributed by atoms with Crippen molar-refractivity contribution in [3.05, 3.63) is 83.9 Å². The molecule has 0 unspecified atom stereocenters. The number of ether oxygens (including phenoxy) is 4. The summed E-state index contributed by atoms with van der Waals surface area (Å²) in [5.74, 6) is -0.0888. The van der Waals surface area contributed by atoms with Gasteiger partial charge in [0, 0.05) is 0 Å². The van der Waals surface area contributed by atoms with Crippen molar-refractivity contribution in [2.45, 2.75) is 0 Å². The lowest BCUT2D eigenvalue weighted by atomic mass is 10.2. The Morgan fingerprint density at radius 3 is 1.10 bits per heavy atom. The first kappa shape index (κ1) is 20.3. The number of rotatable bonds is 8. The minimum absolute atomic E-state index is 0.253. The summed E-state index contributed by atoms with van der Waals surface area (Å²) in [6, 6.07) is 17.6. The largest absolute Gasteiger partial charge is 0.429 e. The van der Waals surface area contributed by atoms with E-state index in [2.05, 4.69) is 9.47 Å². The summed E-state index contributed by atoms with van der Waals surface area (Å²) in [5.41, 5.74) is 0.538. The number of hydrogen-bond acceptors (Lipinski definition) is 8. The number of carbonyl (C=O) groups excluding carboxylic acids is 4. The quantitative estimate of drug-likeness (QED) is 0.319. The third kappa shape index (κ3) is 5.29. The average Bonchev–Trinajstić information content (AvgIpc) is 2.76. The van der Waals surface area contributed by atoms with Crippen LogP contribution >= 0.6 is 0 Å². The second kappa shape index (κ2) is 9.65. The molecule has 0 aliphatic carbocycles. The van der Waals surface area contributed by atoms with Gasteiger partial charge >= 0.3 is 11.9 Å². The zero-order valence-corrected chi connectivity index (χ0v) is 15.3. The van der Waals surface area contributed by atoms with Crippen LogP contribution < -0.4 is 18.9 Å². The molecule has 0 heterocycles. The zero-order chi connectivity index (χ0) is 21.3. The zero-order valence-electron chi connectivity index (χ0n) is 15.3. The van der Waals surface area contributed by atoms with Crippen LogP contribution in [0.1, 0.15) is 20.7 Å². The number of esters is 2. The van der Waals surface area contributed by atoms with Gasteiger partial charge in [-0.2, -0.15) is 0 Å². The number of hydrogen-bond donors (Lipinski definition) is 0. The summed E-state index contributed by atoms with van der Waals surface area (Å²) in [5, 5.41) is 0. The number of carbonyl (C=O) groups is 4. The van der Waals surface area contributed by atoms with Crippen molar-refractivity contribution in [3.8, 4) is 23.0 Å². The van der Waals surface area contributed by atoms with E-state index < -0.39 is 11.9 Å². The van der Waals surface area contributed by atoms with E-state index in [-0.39, 0.29) is 22.6 Å². The Kier molecular flexibility index (Phi) is 6.52. The Morgan fingerprint density at radius 2 is 0.800 bits per heavy atom. The van der Waals surface area contributed by atoms with E-state index in [4.69, 9.17) is 9.47 Å². The van der Waals surface area contributed by atoms with Gasteiger partial charge in [-0.15, -0.1) is 0 Å². The van der Waals surface area contributed by atoms with Crippen LogP contribution in [-0.2, 0) is 9.59 Å². The van der Waals surface area contributed by atoms with Gasteiger partial charge in [-0.3, -0.25) is 9.59 Å². The maximum Gasteiger partial charge on any atom is 0.343 e. The number of benzene rings is 3. The maximum absolute atomic E-state index is 12.2. The highest BCUT2D eigenvalue weighted by Crippen LogP contribution is 2.21. The van der Waals surface area contributed by atoms with Gasteiger partial charge in [0.25, 0.3) is 12.9 Å². The van der Waals surface area contributed by atoms with Crippen LogP contribution in [0.2, 0.25) is 0 Å². The van der Waals surface area contributed by atoms with E-state index in [1.807, 2.05) is 0 Å². The van der Waals surface area contributed by atoms with Gasteiger partial charge in [-0.25, -0.2) is 9.59 Å². The van der Waals surface area contributed by atoms with Crippen LogP contribution in [-0.4, -0.2) is 24.9 Å². The molecule has 8 nitrogen and oxygen atoms in total. The lowest BCUT2D eigenvalue weighted by Crippen LogP contribution is -2.09. The van der Waals surface area contributed by atoms with Crippen molar-refractivity contribution >= 4 is 24.9 Å². The molecule has 0 aromatic heterocycles. The summed E-state index contributed by atoms with van der Waals surface area (Å²) in [6.07, 6.45) is 0. The Hall–Kier alpha value is -4.46. The van der Waals surface area contributed by atoms with E-state index in [0.717, 1.165) is 0 Å². The molecule has 3 aromatic carbocycles. The normalized spacial score (nSPS) is 9.87. The average molecular weight is 406 g/mol. The van der Waals surface area contributed by atoms with Crippen molar-refractivity contribution in [1.29, 1.82) is 0 Å². The summed E-state index contributed by atoms with van der Waals surface area (Å²) in [6.45, 7) is 0.581. The van der Waals surface area contributed by atoms with Crippen molar-refractivity contribution in [1.82, 2.24) is 0 Å². The van der Waals surface area contributed by atoms with E-state index in [0.29, 0.717) is 24.4 Å². The summed E-state index contributed by atoms with van der Waals surface area (Å²) >= 11 is 0. The lowest BCUT2D eigenvalue weighted by molar-refractivity contribution is -0.121. The molecular weight excluding hydrogens is 392 g/mol. The Labute approximate surface area is 170 Å². The second-order valence-electron chi connectivity index (χ2n) is 5.73. The van der Waals surface area contributed by atoms with Crippen molar-refractivity contribution < 1.29 is 38.1 Å². The van der Waals surface area contributed by atoms with Gasteiger partial charge in [-0.1, -0.05) is 0 Å². The van der Waals surface area contributed by atoms with Crippen LogP contribution in [0.5, 0.6) is 23.0 Å². The molecule has 0 saturated carbocycles. The molecule has 8 heteroatoms. The van der Waals surface area contributed by atoms with E-state index in [9.17, 15) is 19.2 Å². The first-order valence-corrected chi connectivity index (χ1v) is 8.54. The van der Waals surface area contributed by atoms with Gasteiger partial charge in [0.05, 0.1) is 11.1 Å². The molecule has 0 amide bonds. The predicted octanol–water partition coefficient (Wildman–Crippen LogP) is 3.20. The minimum atomic E-state index is -0.602. The second-order valence-corrected chi connectivity index (χ2v) is 5.73. The summed E-state index contributed by atoms with van der Waals surface area (Å²) in [4.78, 5) is 44.9. The summed E-state index contributed by atoms with van der Waals surface area (Å²) < 4.78 is 19.8. The molecule has 0 radical (unpaired) electrons. The van der Waals surface area contributed by atoms with Crippen LogP contribution in [0, 0.1) is 0 Å². The standard InChI is InChI=1S/C22H14O8/c23-13-27-17-5-1-15(2-6-17)21(25)29-19-9-11-20(12-10-19)30-22(26)16-3-7-18(8-4-16)28-14-24/h1-14H. The molecule has 0 N–H and O–H groups in total. The first-order chi connectivity index (χ1) is 14.6. The fourth-order valence-corrected chi connectivity index (χ4v) is 2.36. The highest BCUT2D eigenvalue weighted by molar-refractivity contribution is 5.92. The molecule has 0 aliphatic heterocycles. The lowest BCUT2D eigenvalue weighted by Gasteiger charge is -2.07. The topological polar surface area (TPSA) is 105 Å². The third-order valence-electron chi connectivity index (χ3n) is 3.79. The molecule has 3 rings (SSSR count). The van der Waals surface area contributed by atoms with Crippen LogP contribution in [0.3, 0.4) is 0 Å². The molecule has 3 aromatic rings. The maximum atomic E-state index is 12.2. The smallest absolute Gasteiger partial charge is 0.343 e. The minimum Gasteiger partial charge on any atom is -0.429 e. The fraction of sp³-hybridized carbons (Fsp3) is 0. The molecular formula is C22H14O8. The van der Waals surface area contributed by atoms with Crippen LogP contribution in [0.4, 0.5) is 0 Å². The van der Waals surface area contributed by atoms with E-state index in [1.165, 1.54) is 72.8 Å². The van der Waals surface area contributed by atoms with Gasteiger partial charge < -0.3 is 18.9 Å². The molecule has 0 bridgehead atoms. The highest BCUT2D eigenvalue weighted by Gasteiger charge is 2.11. The van der Waals surface area contributed by atoms with Crippen LogP contribution in [0.25, 0.3) is 0 Å². The fourth-order valence-electron chi connectivity index (χ4n) is 2.36. The van der Waals surface area contributed by atoms with Gasteiger partial charge in [0.15, 0.2) is 0 Å². The Morgan fingerprint density at radius 1 is 0.500 bits per heavy atom. The van der Waals surface area contributed by atoms with Gasteiger partial charge in [0.2, 0.25) is 0 Å². The molecule has 0 saturated heterocycles. The van der Waals surface area contributed by atoms with E-state index >= 15 is 0 Å². The monoisotopic (exact) mass is 406 g/mol. The Bertz CT molecular complexity index is 952. The van der Waals surface area contributed by atoms with E-state index in [1.54, 1.807) is 0 Å². The first-order valence-electron chi connectivity index (χ1n) is 8.54. The predicted molar refractivity (Wildman–Crippen MR) is 103 cm³/mol. The SMILES string of the molecule is O=COc1ccc(C(=O)Oc2ccc(OC(=O)c3ccc(OC=O)cc3)cc2)cc1. The molecule has 0 spiro atoms. The van der Waals surface area contributed by atoms with Crippen molar-refractivity contribution in [3.63, 3.8) is 0 Å². The Balaban J connectivity index is 1.58. The van der Waals surface area contributed by atoms with Crippen LogP contribution in [0.15, 0.2) is 72.8 Å². The summed E-state index contributed by atoms with van der Waals surface area (Å²) in [7, 11) is 0. The van der Waals surface area contributed by atoms with Gasteiger partial charge in [0.1, 0.15) is 23.0 Å². The molecule has 0 aliphatic rings. The van der Waals surface area contributed by atoms with Crippen molar-refractivity contribution in [2.24, 2.45) is 0 Å². The molecule has 150 valence electrons. The van der Waals surface area contributed by atoms with Gasteiger partial charge in [-0.05, 0) is 72.8 Å². The highest BCUT2D eigenvalue weighted by atomic mass is 16.5. The van der Waals surface area contributed by atoms with Crippen molar-refractivity contribution in [2.75, 3.05) is 0 Å².